The third kappa shape index (κ3) is 3.29. The first-order chi connectivity index (χ1) is 12.3. The van der Waals surface area contributed by atoms with Crippen molar-refractivity contribution >= 4 is 31.7 Å². The summed E-state index contributed by atoms with van der Waals surface area (Å²) in [7, 11) is -5.59. The zero-order valence-electron chi connectivity index (χ0n) is 14.0. The highest BCUT2D eigenvalue weighted by Crippen LogP contribution is 2.34. The van der Waals surface area contributed by atoms with Gasteiger partial charge in [0, 0.05) is 0 Å². The van der Waals surface area contributed by atoms with E-state index < -0.39 is 22.2 Å². The summed E-state index contributed by atoms with van der Waals surface area (Å²) in [5, 5.41) is 3.83. The van der Waals surface area contributed by atoms with E-state index in [0.29, 0.717) is 0 Å². The van der Waals surface area contributed by atoms with Crippen LogP contribution >= 0.6 is 0 Å². The molecule has 0 unspecified atom stereocenters. The standard InChI is InChI=1S/C19H17F3O3S/c1-2-13-14-7-3-5-9-16(14)18(17-10-6-4-8-15(13)17)11-12-25-26(23,24)19(20,21)22/h3-10H,2,11-12H2,1H3. The van der Waals surface area contributed by atoms with Gasteiger partial charge in [-0.25, -0.2) is 0 Å². The lowest BCUT2D eigenvalue weighted by Crippen LogP contribution is -2.26. The van der Waals surface area contributed by atoms with Gasteiger partial charge in [-0.15, -0.1) is 0 Å². The Morgan fingerprint density at radius 3 is 1.65 bits per heavy atom. The normalized spacial score (nSPS) is 12.8. The fourth-order valence-corrected chi connectivity index (χ4v) is 3.72. The minimum atomic E-state index is -5.59. The van der Waals surface area contributed by atoms with E-state index in [9.17, 15) is 21.6 Å². The molecule has 138 valence electrons. The first-order valence-electron chi connectivity index (χ1n) is 8.13. The van der Waals surface area contributed by atoms with Crippen LogP contribution in [0.1, 0.15) is 18.1 Å². The van der Waals surface area contributed by atoms with Crippen molar-refractivity contribution in [3.63, 3.8) is 0 Å². The molecule has 0 atom stereocenters. The van der Waals surface area contributed by atoms with Gasteiger partial charge >= 0.3 is 15.6 Å². The summed E-state index contributed by atoms with van der Waals surface area (Å²) in [6, 6.07) is 15.3. The molecule has 0 N–H and O–H groups in total. The van der Waals surface area contributed by atoms with E-state index in [-0.39, 0.29) is 6.42 Å². The van der Waals surface area contributed by atoms with E-state index in [1.807, 2.05) is 55.5 Å². The van der Waals surface area contributed by atoms with Crippen LogP contribution in [0, 0.1) is 0 Å². The Kier molecular flexibility index (Phi) is 4.94. The van der Waals surface area contributed by atoms with Gasteiger partial charge in [0.05, 0.1) is 6.61 Å². The largest absolute Gasteiger partial charge is 0.523 e. The topological polar surface area (TPSA) is 43.4 Å². The predicted octanol–water partition coefficient (Wildman–Crippen LogP) is 4.96. The van der Waals surface area contributed by atoms with E-state index in [1.165, 1.54) is 0 Å². The molecule has 0 bridgehead atoms. The molecular formula is C19H17F3O3S. The van der Waals surface area contributed by atoms with Crippen LogP contribution in [0.4, 0.5) is 13.2 Å². The molecule has 0 saturated heterocycles. The number of alkyl halides is 3. The Hall–Kier alpha value is -2.12. The van der Waals surface area contributed by atoms with E-state index in [2.05, 4.69) is 4.18 Å². The van der Waals surface area contributed by atoms with Crippen LogP contribution in [-0.2, 0) is 27.1 Å². The fourth-order valence-electron chi connectivity index (χ4n) is 3.28. The SMILES string of the molecule is CCc1c2ccccc2c(CCOS(=O)(=O)C(F)(F)F)c2ccccc12. The van der Waals surface area contributed by atoms with Gasteiger partial charge in [-0.1, -0.05) is 55.5 Å². The van der Waals surface area contributed by atoms with Gasteiger partial charge in [0.2, 0.25) is 0 Å². The van der Waals surface area contributed by atoms with Crippen LogP contribution in [0.5, 0.6) is 0 Å². The first-order valence-corrected chi connectivity index (χ1v) is 9.54. The molecule has 0 amide bonds. The van der Waals surface area contributed by atoms with E-state index in [4.69, 9.17) is 0 Å². The summed E-state index contributed by atoms with van der Waals surface area (Å²) < 4.78 is 63.8. The Bertz CT molecular complexity index is 1000. The highest BCUT2D eigenvalue weighted by Gasteiger charge is 2.47. The van der Waals surface area contributed by atoms with Crippen molar-refractivity contribution in [2.45, 2.75) is 25.3 Å². The molecule has 3 rings (SSSR count). The van der Waals surface area contributed by atoms with E-state index >= 15 is 0 Å². The molecule has 3 aromatic carbocycles. The van der Waals surface area contributed by atoms with Crippen molar-refractivity contribution < 1.29 is 25.8 Å². The van der Waals surface area contributed by atoms with E-state index in [0.717, 1.165) is 39.1 Å². The van der Waals surface area contributed by atoms with Gasteiger partial charge in [-0.3, -0.25) is 4.18 Å². The highest BCUT2D eigenvalue weighted by atomic mass is 32.2. The minimum absolute atomic E-state index is 0.0559. The van der Waals surface area contributed by atoms with E-state index in [1.54, 1.807) is 0 Å². The molecule has 0 aliphatic carbocycles. The van der Waals surface area contributed by atoms with Crippen molar-refractivity contribution in [3.8, 4) is 0 Å². The molecule has 7 heteroatoms. The third-order valence-electron chi connectivity index (χ3n) is 4.38. The molecule has 0 fully saturated rings. The van der Waals surface area contributed by atoms with Gasteiger partial charge in [0.15, 0.2) is 0 Å². The maximum Gasteiger partial charge on any atom is 0.523 e. The predicted molar refractivity (Wildman–Crippen MR) is 95.5 cm³/mol. The zero-order valence-corrected chi connectivity index (χ0v) is 14.8. The number of hydrogen-bond donors (Lipinski definition) is 0. The van der Waals surface area contributed by atoms with Crippen LogP contribution in [0.25, 0.3) is 21.5 Å². The highest BCUT2D eigenvalue weighted by molar-refractivity contribution is 7.87. The van der Waals surface area contributed by atoms with Crippen molar-refractivity contribution in [2.75, 3.05) is 6.61 Å². The summed E-state index contributed by atoms with van der Waals surface area (Å²) in [6.45, 7) is 1.48. The summed E-state index contributed by atoms with van der Waals surface area (Å²) in [6.07, 6.45) is 0.862. The Balaban J connectivity index is 2.07. The second-order valence-electron chi connectivity index (χ2n) is 5.87. The summed E-state index contributed by atoms with van der Waals surface area (Å²) >= 11 is 0. The molecule has 0 heterocycles. The molecule has 3 nitrogen and oxygen atoms in total. The van der Waals surface area contributed by atoms with Crippen molar-refractivity contribution in [3.05, 3.63) is 59.7 Å². The third-order valence-corrected chi connectivity index (χ3v) is 5.43. The number of rotatable bonds is 5. The van der Waals surface area contributed by atoms with Gasteiger partial charge in [0.25, 0.3) is 0 Å². The lowest BCUT2D eigenvalue weighted by atomic mass is 9.89. The van der Waals surface area contributed by atoms with Crippen LogP contribution in [0.3, 0.4) is 0 Å². The average molecular weight is 382 g/mol. The number of aryl methyl sites for hydroxylation is 1. The molecule has 0 aliphatic rings. The summed E-state index contributed by atoms with van der Waals surface area (Å²) in [5.74, 6) is 0. The number of hydrogen-bond acceptors (Lipinski definition) is 3. The molecular weight excluding hydrogens is 365 g/mol. The molecule has 0 spiro atoms. The van der Waals surface area contributed by atoms with Crippen LogP contribution in [-0.4, -0.2) is 20.5 Å². The summed E-state index contributed by atoms with van der Waals surface area (Å²) in [4.78, 5) is 0. The smallest absolute Gasteiger partial charge is 0.263 e. The monoisotopic (exact) mass is 382 g/mol. The number of fused-ring (bicyclic) bond motifs is 2. The zero-order chi connectivity index (χ0) is 18.9. The molecule has 0 saturated carbocycles. The second kappa shape index (κ2) is 6.89. The molecule has 26 heavy (non-hydrogen) atoms. The lowest BCUT2D eigenvalue weighted by Gasteiger charge is -2.16. The lowest BCUT2D eigenvalue weighted by molar-refractivity contribution is -0.0541. The summed E-state index contributed by atoms with van der Waals surface area (Å²) in [5.41, 5.74) is -3.47. The van der Waals surface area contributed by atoms with Gasteiger partial charge < -0.3 is 0 Å². The average Bonchev–Trinajstić information content (AvgIpc) is 2.60. The van der Waals surface area contributed by atoms with Crippen molar-refractivity contribution in [2.24, 2.45) is 0 Å². The van der Waals surface area contributed by atoms with Crippen LogP contribution in [0.2, 0.25) is 0 Å². The van der Waals surface area contributed by atoms with Gasteiger partial charge in [-0.2, -0.15) is 21.6 Å². The van der Waals surface area contributed by atoms with Gasteiger partial charge in [-0.05, 0) is 45.5 Å². The van der Waals surface area contributed by atoms with Gasteiger partial charge in [0.1, 0.15) is 0 Å². The molecule has 0 radical (unpaired) electrons. The Morgan fingerprint density at radius 1 is 0.846 bits per heavy atom. The quantitative estimate of drug-likeness (QED) is 0.356. The number of halogens is 3. The van der Waals surface area contributed by atoms with Crippen LogP contribution < -0.4 is 0 Å². The number of benzene rings is 3. The van der Waals surface area contributed by atoms with Crippen molar-refractivity contribution in [1.82, 2.24) is 0 Å². The Morgan fingerprint density at radius 2 is 1.27 bits per heavy atom. The first kappa shape index (κ1) is 18.7. The van der Waals surface area contributed by atoms with Crippen LogP contribution in [0.15, 0.2) is 48.5 Å². The fraction of sp³-hybridized carbons (Fsp3) is 0.263. The minimum Gasteiger partial charge on any atom is -0.263 e. The Labute approximate surface area is 149 Å². The molecule has 0 aromatic heterocycles. The maximum absolute atomic E-state index is 12.5. The van der Waals surface area contributed by atoms with Crippen molar-refractivity contribution in [1.29, 1.82) is 0 Å². The molecule has 0 aliphatic heterocycles. The second-order valence-corrected chi connectivity index (χ2v) is 7.48. The molecule has 3 aromatic rings. The maximum atomic E-state index is 12.5.